The number of rotatable bonds is 9. The van der Waals surface area contributed by atoms with Crippen LogP contribution < -0.4 is 5.32 Å². The van der Waals surface area contributed by atoms with Crippen LogP contribution in [0.1, 0.15) is 25.0 Å². The van der Waals surface area contributed by atoms with E-state index in [9.17, 15) is 0 Å². The zero-order valence-electron chi connectivity index (χ0n) is 12.8. The standard InChI is InChI=1S/C16H28N2S/c1-14(2)17-10-9-15-7-5-6-8-16(15)13-18(3)11-12-19-4/h5-8,14,17H,9-13H2,1-4H3. The highest BCUT2D eigenvalue weighted by atomic mass is 32.2. The maximum Gasteiger partial charge on any atom is 0.0233 e. The minimum Gasteiger partial charge on any atom is -0.314 e. The number of nitrogens with zero attached hydrogens (tertiary/aromatic N) is 1. The van der Waals surface area contributed by atoms with Crippen molar-refractivity contribution in [1.29, 1.82) is 0 Å². The van der Waals surface area contributed by atoms with Crippen molar-refractivity contribution in [3.8, 4) is 0 Å². The molecule has 0 unspecified atom stereocenters. The predicted octanol–water partition coefficient (Wildman–Crippen LogP) is 3.02. The van der Waals surface area contributed by atoms with Gasteiger partial charge in [-0.3, -0.25) is 0 Å². The summed E-state index contributed by atoms with van der Waals surface area (Å²) in [5.41, 5.74) is 2.95. The molecule has 0 saturated heterocycles. The SMILES string of the molecule is CSCCN(C)Cc1ccccc1CCNC(C)C. The molecule has 0 aliphatic carbocycles. The molecule has 0 spiro atoms. The number of hydrogen-bond acceptors (Lipinski definition) is 3. The Balaban J connectivity index is 2.52. The Hall–Kier alpha value is -0.510. The van der Waals surface area contributed by atoms with Gasteiger partial charge in [-0.25, -0.2) is 0 Å². The Labute approximate surface area is 123 Å². The molecule has 1 aromatic rings. The monoisotopic (exact) mass is 280 g/mol. The van der Waals surface area contributed by atoms with Gasteiger partial charge in [0, 0.05) is 24.9 Å². The van der Waals surface area contributed by atoms with E-state index in [2.05, 4.69) is 61.6 Å². The van der Waals surface area contributed by atoms with Crippen LogP contribution in [0.15, 0.2) is 24.3 Å². The zero-order chi connectivity index (χ0) is 14.1. The smallest absolute Gasteiger partial charge is 0.0233 e. The first-order valence-corrected chi connectivity index (χ1v) is 8.50. The first-order valence-electron chi connectivity index (χ1n) is 7.11. The molecule has 1 rings (SSSR count). The summed E-state index contributed by atoms with van der Waals surface area (Å²) in [4.78, 5) is 2.41. The Kier molecular flexibility index (Phi) is 8.19. The zero-order valence-corrected chi connectivity index (χ0v) is 13.6. The molecule has 2 nitrogen and oxygen atoms in total. The highest BCUT2D eigenvalue weighted by molar-refractivity contribution is 7.98. The van der Waals surface area contributed by atoms with Gasteiger partial charge in [0.15, 0.2) is 0 Å². The van der Waals surface area contributed by atoms with E-state index in [0.717, 1.165) is 26.1 Å². The van der Waals surface area contributed by atoms with E-state index in [0.29, 0.717) is 6.04 Å². The van der Waals surface area contributed by atoms with E-state index in [4.69, 9.17) is 0 Å². The van der Waals surface area contributed by atoms with Crippen molar-refractivity contribution in [2.24, 2.45) is 0 Å². The number of nitrogens with one attached hydrogen (secondary N) is 1. The van der Waals surface area contributed by atoms with Crippen LogP contribution in [0.5, 0.6) is 0 Å². The van der Waals surface area contributed by atoms with Crippen molar-refractivity contribution < 1.29 is 0 Å². The van der Waals surface area contributed by atoms with E-state index in [1.807, 2.05) is 11.8 Å². The van der Waals surface area contributed by atoms with Crippen molar-refractivity contribution in [2.45, 2.75) is 32.9 Å². The molecule has 3 heteroatoms. The van der Waals surface area contributed by atoms with Gasteiger partial charge in [0.25, 0.3) is 0 Å². The van der Waals surface area contributed by atoms with Gasteiger partial charge in [0.1, 0.15) is 0 Å². The number of thioether (sulfide) groups is 1. The minimum atomic E-state index is 0.566. The highest BCUT2D eigenvalue weighted by Crippen LogP contribution is 2.12. The third-order valence-corrected chi connectivity index (χ3v) is 3.77. The maximum atomic E-state index is 3.49. The summed E-state index contributed by atoms with van der Waals surface area (Å²) in [6.45, 7) is 7.66. The molecule has 0 aliphatic heterocycles. The Morgan fingerprint density at radius 2 is 1.89 bits per heavy atom. The van der Waals surface area contributed by atoms with Crippen molar-refractivity contribution in [3.05, 3.63) is 35.4 Å². The van der Waals surface area contributed by atoms with Gasteiger partial charge in [-0.1, -0.05) is 38.1 Å². The fourth-order valence-electron chi connectivity index (χ4n) is 2.07. The van der Waals surface area contributed by atoms with Crippen LogP contribution >= 0.6 is 11.8 Å². The molecule has 19 heavy (non-hydrogen) atoms. The van der Waals surface area contributed by atoms with Gasteiger partial charge in [0.05, 0.1) is 0 Å². The quantitative estimate of drug-likeness (QED) is 0.748. The summed E-state index contributed by atoms with van der Waals surface area (Å²) in [5.74, 6) is 1.20. The van der Waals surface area contributed by atoms with Gasteiger partial charge < -0.3 is 10.2 Å². The molecule has 108 valence electrons. The molecule has 0 bridgehead atoms. The Morgan fingerprint density at radius 1 is 1.21 bits per heavy atom. The van der Waals surface area contributed by atoms with Gasteiger partial charge in [-0.05, 0) is 37.4 Å². The minimum absolute atomic E-state index is 0.566. The average molecular weight is 280 g/mol. The lowest BCUT2D eigenvalue weighted by atomic mass is 10.0. The number of hydrogen-bond donors (Lipinski definition) is 1. The molecular weight excluding hydrogens is 252 g/mol. The van der Waals surface area contributed by atoms with Crippen molar-refractivity contribution in [1.82, 2.24) is 10.2 Å². The second kappa shape index (κ2) is 9.40. The summed E-state index contributed by atoms with van der Waals surface area (Å²) >= 11 is 1.91. The molecule has 0 heterocycles. The molecule has 0 aliphatic rings. The lowest BCUT2D eigenvalue weighted by Gasteiger charge is -2.18. The summed E-state index contributed by atoms with van der Waals surface area (Å²) in [7, 11) is 2.21. The molecule has 0 aromatic heterocycles. The van der Waals surface area contributed by atoms with Crippen LogP contribution in [-0.2, 0) is 13.0 Å². The fourth-order valence-corrected chi connectivity index (χ4v) is 2.56. The molecule has 0 fully saturated rings. The largest absolute Gasteiger partial charge is 0.314 e. The van der Waals surface area contributed by atoms with Crippen molar-refractivity contribution in [2.75, 3.05) is 32.1 Å². The first kappa shape index (κ1) is 16.5. The van der Waals surface area contributed by atoms with Crippen LogP contribution in [0.3, 0.4) is 0 Å². The second-order valence-corrected chi connectivity index (χ2v) is 6.34. The Morgan fingerprint density at radius 3 is 2.53 bits per heavy atom. The van der Waals surface area contributed by atoms with Crippen LogP contribution in [0, 0.1) is 0 Å². The third-order valence-electron chi connectivity index (χ3n) is 3.18. The Bertz CT molecular complexity index is 352. The van der Waals surface area contributed by atoms with Crippen molar-refractivity contribution >= 4 is 11.8 Å². The van der Waals surface area contributed by atoms with Crippen LogP contribution in [0.4, 0.5) is 0 Å². The molecule has 0 saturated carbocycles. The normalized spacial score (nSPS) is 11.5. The van der Waals surface area contributed by atoms with Gasteiger partial charge in [-0.15, -0.1) is 0 Å². The van der Waals surface area contributed by atoms with Crippen molar-refractivity contribution in [3.63, 3.8) is 0 Å². The van der Waals surface area contributed by atoms with Crippen LogP contribution in [0.2, 0.25) is 0 Å². The third kappa shape index (κ3) is 7.00. The lowest BCUT2D eigenvalue weighted by Crippen LogP contribution is -2.26. The summed E-state index contributed by atoms with van der Waals surface area (Å²) in [5, 5.41) is 3.49. The first-order chi connectivity index (χ1) is 9.13. The van der Waals surface area contributed by atoms with E-state index >= 15 is 0 Å². The summed E-state index contributed by atoms with van der Waals surface area (Å²) in [6, 6.07) is 9.39. The molecule has 0 radical (unpaired) electrons. The van der Waals surface area contributed by atoms with E-state index in [1.165, 1.54) is 16.9 Å². The van der Waals surface area contributed by atoms with Crippen LogP contribution in [-0.4, -0.2) is 43.1 Å². The number of benzene rings is 1. The second-order valence-electron chi connectivity index (χ2n) is 5.36. The van der Waals surface area contributed by atoms with Gasteiger partial charge in [-0.2, -0.15) is 11.8 Å². The van der Waals surface area contributed by atoms with Gasteiger partial charge in [0.2, 0.25) is 0 Å². The topological polar surface area (TPSA) is 15.3 Å². The summed E-state index contributed by atoms with van der Waals surface area (Å²) < 4.78 is 0. The van der Waals surface area contributed by atoms with E-state index < -0.39 is 0 Å². The van der Waals surface area contributed by atoms with Crippen LogP contribution in [0.25, 0.3) is 0 Å². The highest BCUT2D eigenvalue weighted by Gasteiger charge is 2.05. The van der Waals surface area contributed by atoms with E-state index in [1.54, 1.807) is 0 Å². The van der Waals surface area contributed by atoms with E-state index in [-0.39, 0.29) is 0 Å². The molecular formula is C16H28N2S. The predicted molar refractivity (Wildman–Crippen MR) is 88.0 cm³/mol. The average Bonchev–Trinajstić information content (AvgIpc) is 2.38. The fraction of sp³-hybridized carbons (Fsp3) is 0.625. The molecule has 1 aromatic carbocycles. The van der Waals surface area contributed by atoms with Gasteiger partial charge >= 0.3 is 0 Å². The maximum absolute atomic E-state index is 3.49. The lowest BCUT2D eigenvalue weighted by molar-refractivity contribution is 0.347. The summed E-state index contributed by atoms with van der Waals surface area (Å²) in [6.07, 6.45) is 3.28. The molecule has 0 amide bonds. The molecule has 0 atom stereocenters. The molecule has 1 N–H and O–H groups in total.